The summed E-state index contributed by atoms with van der Waals surface area (Å²) in [7, 11) is 1.58. The zero-order chi connectivity index (χ0) is 13.7. The highest BCUT2D eigenvalue weighted by molar-refractivity contribution is 6.32. The number of hydrogen-bond donors (Lipinski definition) is 2. The number of halogens is 1. The normalized spacial score (nSPS) is 16.1. The zero-order valence-electron chi connectivity index (χ0n) is 11.1. The van der Waals surface area contributed by atoms with Crippen LogP contribution in [0.4, 0.5) is 0 Å². The van der Waals surface area contributed by atoms with Crippen LogP contribution >= 0.6 is 11.6 Å². The molecule has 0 spiro atoms. The molecule has 0 saturated carbocycles. The fraction of sp³-hybridized carbons (Fsp3) is 0.571. The van der Waals surface area contributed by atoms with Gasteiger partial charge in [-0.3, -0.25) is 0 Å². The molecular formula is C14H21ClO3. The maximum atomic E-state index is 9.81. The lowest BCUT2D eigenvalue weighted by Gasteiger charge is -2.21. The number of aliphatic hydroxyl groups excluding tert-OH is 2. The standard InChI is InChI=1S/C14H21ClO3/c1-4-12(16)13(17)7-9(2)10-5-6-14(18-3)11(15)8-10/h5-6,8-9,12-13,16-17H,4,7H2,1-3H3. The van der Waals surface area contributed by atoms with Crippen molar-refractivity contribution < 1.29 is 14.9 Å². The quantitative estimate of drug-likeness (QED) is 0.837. The van der Waals surface area contributed by atoms with Crippen molar-refractivity contribution in [2.75, 3.05) is 7.11 Å². The molecule has 0 amide bonds. The molecular weight excluding hydrogens is 252 g/mol. The number of ether oxygens (including phenoxy) is 1. The lowest BCUT2D eigenvalue weighted by molar-refractivity contribution is 0.00953. The molecule has 3 unspecified atom stereocenters. The molecule has 2 N–H and O–H groups in total. The van der Waals surface area contributed by atoms with Gasteiger partial charge in [-0.15, -0.1) is 0 Å². The summed E-state index contributed by atoms with van der Waals surface area (Å²) in [6.45, 7) is 3.85. The molecule has 3 nitrogen and oxygen atoms in total. The molecule has 3 atom stereocenters. The Hall–Kier alpha value is -0.770. The van der Waals surface area contributed by atoms with Crippen LogP contribution in [0.1, 0.15) is 38.2 Å². The van der Waals surface area contributed by atoms with Gasteiger partial charge in [-0.05, 0) is 36.5 Å². The minimum absolute atomic E-state index is 0.129. The average molecular weight is 273 g/mol. The Bertz CT molecular complexity index is 381. The molecule has 0 saturated heterocycles. The van der Waals surface area contributed by atoms with Gasteiger partial charge in [0.1, 0.15) is 5.75 Å². The van der Waals surface area contributed by atoms with Gasteiger partial charge in [-0.2, -0.15) is 0 Å². The maximum Gasteiger partial charge on any atom is 0.137 e. The number of rotatable bonds is 6. The summed E-state index contributed by atoms with van der Waals surface area (Å²) in [6.07, 6.45) is -0.304. The van der Waals surface area contributed by atoms with Gasteiger partial charge in [-0.25, -0.2) is 0 Å². The topological polar surface area (TPSA) is 49.7 Å². The number of aliphatic hydroxyl groups is 2. The molecule has 1 aromatic carbocycles. The minimum Gasteiger partial charge on any atom is -0.495 e. The SMILES string of the molecule is CCC(O)C(O)CC(C)c1ccc(OC)c(Cl)c1. The third kappa shape index (κ3) is 3.87. The van der Waals surface area contributed by atoms with E-state index in [-0.39, 0.29) is 5.92 Å². The first-order valence-electron chi connectivity index (χ1n) is 6.19. The predicted molar refractivity (Wildman–Crippen MR) is 73.3 cm³/mol. The van der Waals surface area contributed by atoms with Crippen LogP contribution < -0.4 is 4.74 Å². The fourth-order valence-electron chi connectivity index (χ4n) is 1.92. The smallest absolute Gasteiger partial charge is 0.137 e. The van der Waals surface area contributed by atoms with E-state index in [1.54, 1.807) is 7.11 Å². The molecule has 0 aromatic heterocycles. The van der Waals surface area contributed by atoms with Gasteiger partial charge < -0.3 is 14.9 Å². The van der Waals surface area contributed by atoms with Crippen molar-refractivity contribution in [2.24, 2.45) is 0 Å². The summed E-state index contributed by atoms with van der Waals surface area (Å²) in [6, 6.07) is 5.59. The molecule has 0 heterocycles. The molecule has 0 bridgehead atoms. The molecule has 4 heteroatoms. The van der Waals surface area contributed by atoms with Gasteiger partial charge >= 0.3 is 0 Å². The van der Waals surface area contributed by atoms with Crippen molar-refractivity contribution >= 4 is 11.6 Å². The first-order valence-corrected chi connectivity index (χ1v) is 6.56. The van der Waals surface area contributed by atoms with E-state index in [1.807, 2.05) is 32.0 Å². The third-order valence-electron chi connectivity index (χ3n) is 3.20. The molecule has 0 aliphatic rings. The number of hydrogen-bond acceptors (Lipinski definition) is 3. The average Bonchev–Trinajstić information content (AvgIpc) is 2.37. The van der Waals surface area contributed by atoms with E-state index >= 15 is 0 Å². The second-order valence-corrected chi connectivity index (χ2v) is 4.98. The van der Waals surface area contributed by atoms with Crippen LogP contribution in [0.25, 0.3) is 0 Å². The van der Waals surface area contributed by atoms with E-state index in [1.165, 1.54) is 0 Å². The zero-order valence-corrected chi connectivity index (χ0v) is 11.8. The maximum absolute atomic E-state index is 9.81. The van der Waals surface area contributed by atoms with E-state index in [2.05, 4.69) is 0 Å². The Morgan fingerprint density at radius 2 is 1.94 bits per heavy atom. The Morgan fingerprint density at radius 3 is 2.44 bits per heavy atom. The van der Waals surface area contributed by atoms with Crippen molar-refractivity contribution in [1.82, 2.24) is 0 Å². The lowest BCUT2D eigenvalue weighted by Crippen LogP contribution is -2.26. The van der Waals surface area contributed by atoms with E-state index in [0.29, 0.717) is 23.6 Å². The van der Waals surface area contributed by atoms with E-state index in [0.717, 1.165) is 5.56 Å². The van der Waals surface area contributed by atoms with Gasteiger partial charge in [0.2, 0.25) is 0 Å². The molecule has 1 aromatic rings. The Balaban J connectivity index is 2.72. The molecule has 0 radical (unpaired) electrons. The van der Waals surface area contributed by atoms with E-state index in [9.17, 15) is 10.2 Å². The third-order valence-corrected chi connectivity index (χ3v) is 3.50. The second kappa shape index (κ2) is 6.98. The molecule has 18 heavy (non-hydrogen) atoms. The van der Waals surface area contributed by atoms with Crippen LogP contribution in [-0.4, -0.2) is 29.5 Å². The fourth-order valence-corrected chi connectivity index (χ4v) is 2.18. The first kappa shape index (κ1) is 15.3. The van der Waals surface area contributed by atoms with Crippen LogP contribution in [0.15, 0.2) is 18.2 Å². The van der Waals surface area contributed by atoms with Crippen molar-refractivity contribution in [2.45, 2.75) is 44.8 Å². The molecule has 0 aliphatic carbocycles. The lowest BCUT2D eigenvalue weighted by atomic mass is 9.92. The summed E-state index contributed by atoms with van der Waals surface area (Å²) in [4.78, 5) is 0. The summed E-state index contributed by atoms with van der Waals surface area (Å²) < 4.78 is 5.10. The summed E-state index contributed by atoms with van der Waals surface area (Å²) in [5.74, 6) is 0.770. The van der Waals surface area contributed by atoms with E-state index < -0.39 is 12.2 Å². The van der Waals surface area contributed by atoms with Crippen molar-refractivity contribution in [3.05, 3.63) is 28.8 Å². The minimum atomic E-state index is -0.703. The van der Waals surface area contributed by atoms with Gasteiger partial charge in [0.15, 0.2) is 0 Å². The molecule has 0 aliphatic heterocycles. The Morgan fingerprint density at radius 1 is 1.28 bits per heavy atom. The van der Waals surface area contributed by atoms with Crippen molar-refractivity contribution in [3.8, 4) is 5.75 Å². The Kier molecular flexibility index (Phi) is 5.93. The number of benzene rings is 1. The van der Waals surface area contributed by atoms with Crippen molar-refractivity contribution in [3.63, 3.8) is 0 Å². The van der Waals surface area contributed by atoms with Gasteiger partial charge in [0.25, 0.3) is 0 Å². The highest BCUT2D eigenvalue weighted by Gasteiger charge is 2.19. The summed E-state index contributed by atoms with van der Waals surface area (Å²) in [5, 5.41) is 19.9. The van der Waals surface area contributed by atoms with Crippen LogP contribution in [0, 0.1) is 0 Å². The predicted octanol–water partition coefficient (Wildman–Crippen LogP) is 2.97. The van der Waals surface area contributed by atoms with Crippen LogP contribution in [0.3, 0.4) is 0 Å². The van der Waals surface area contributed by atoms with Gasteiger partial charge in [0.05, 0.1) is 24.3 Å². The Labute approximate surface area is 113 Å². The van der Waals surface area contributed by atoms with Gasteiger partial charge in [-0.1, -0.05) is 31.5 Å². The second-order valence-electron chi connectivity index (χ2n) is 4.57. The molecule has 0 fully saturated rings. The van der Waals surface area contributed by atoms with Crippen LogP contribution in [0.5, 0.6) is 5.75 Å². The summed E-state index contributed by atoms with van der Waals surface area (Å²) >= 11 is 6.06. The highest BCUT2D eigenvalue weighted by atomic mass is 35.5. The summed E-state index contributed by atoms with van der Waals surface area (Å²) in [5.41, 5.74) is 1.03. The van der Waals surface area contributed by atoms with E-state index in [4.69, 9.17) is 16.3 Å². The largest absolute Gasteiger partial charge is 0.495 e. The number of methoxy groups -OCH3 is 1. The molecule has 102 valence electrons. The highest BCUT2D eigenvalue weighted by Crippen LogP contribution is 2.30. The monoisotopic (exact) mass is 272 g/mol. The molecule has 1 rings (SSSR count). The van der Waals surface area contributed by atoms with Gasteiger partial charge in [0, 0.05) is 0 Å². The van der Waals surface area contributed by atoms with Crippen LogP contribution in [0.2, 0.25) is 5.02 Å². The van der Waals surface area contributed by atoms with Crippen molar-refractivity contribution in [1.29, 1.82) is 0 Å². The first-order chi connectivity index (χ1) is 8.49. The van der Waals surface area contributed by atoms with Crippen LogP contribution in [-0.2, 0) is 0 Å².